The first-order valence-corrected chi connectivity index (χ1v) is 9.08. The van der Waals surface area contributed by atoms with Crippen LogP contribution in [0.2, 0.25) is 0 Å². The Kier molecular flexibility index (Phi) is 6.47. The van der Waals surface area contributed by atoms with Crippen LogP contribution in [0.1, 0.15) is 18.1 Å². The lowest BCUT2D eigenvalue weighted by molar-refractivity contribution is -0.138. The van der Waals surface area contributed by atoms with Gasteiger partial charge >= 0.3 is 6.18 Å². The largest absolute Gasteiger partial charge is 0.416 e. The van der Waals surface area contributed by atoms with Crippen LogP contribution in [0.25, 0.3) is 0 Å². The summed E-state index contributed by atoms with van der Waals surface area (Å²) in [5.74, 6) is -3.28. The molecule has 3 rings (SSSR count). The number of pyridine rings is 2. The number of rotatable bonds is 5. The van der Waals surface area contributed by atoms with E-state index in [0.717, 1.165) is 23.2 Å². The fraction of sp³-hybridized carbons (Fsp3) is 0.143. The van der Waals surface area contributed by atoms with Crippen LogP contribution >= 0.6 is 0 Å². The van der Waals surface area contributed by atoms with Crippen LogP contribution in [0.3, 0.4) is 0 Å². The van der Waals surface area contributed by atoms with Gasteiger partial charge in [0, 0.05) is 31.1 Å². The molecule has 2 aromatic heterocycles. The highest BCUT2D eigenvalue weighted by molar-refractivity contribution is 5.99. The van der Waals surface area contributed by atoms with Crippen molar-refractivity contribution in [3.63, 3.8) is 0 Å². The summed E-state index contributed by atoms with van der Waals surface area (Å²) in [4.78, 5) is 33.0. The Bertz CT molecular complexity index is 1170. The number of benzene rings is 1. The van der Waals surface area contributed by atoms with Crippen molar-refractivity contribution in [2.75, 3.05) is 10.2 Å². The van der Waals surface area contributed by atoms with E-state index in [-0.39, 0.29) is 17.2 Å². The standard InChI is InChI=1S/C21H15F5N4O2/c1-12(31)30(18-5-6-27-11-17(18)23)19-10-15(4-7-28-19)29-20(32)8-13-2-3-14(22)9-16(13)21(24,25)26/h2-7,9-11H,8H2,1H3,(H,28,29,32). The summed E-state index contributed by atoms with van der Waals surface area (Å²) in [6, 6.07) is 5.90. The molecule has 0 fully saturated rings. The molecule has 0 aliphatic heterocycles. The number of hydrogen-bond acceptors (Lipinski definition) is 4. The summed E-state index contributed by atoms with van der Waals surface area (Å²) in [5.41, 5.74) is -1.67. The quantitative estimate of drug-likeness (QED) is 0.575. The first-order chi connectivity index (χ1) is 15.1. The zero-order valence-electron chi connectivity index (χ0n) is 16.5. The number of aromatic nitrogens is 2. The molecule has 0 radical (unpaired) electrons. The second kappa shape index (κ2) is 9.08. The average Bonchev–Trinajstić information content (AvgIpc) is 2.70. The first kappa shape index (κ1) is 22.8. The number of alkyl halides is 3. The molecule has 2 amide bonds. The van der Waals surface area contributed by atoms with Gasteiger partial charge in [-0.25, -0.2) is 13.8 Å². The third kappa shape index (κ3) is 5.23. The summed E-state index contributed by atoms with van der Waals surface area (Å²) in [5, 5.41) is 2.40. The van der Waals surface area contributed by atoms with E-state index in [9.17, 15) is 31.5 Å². The van der Waals surface area contributed by atoms with Gasteiger partial charge in [0.15, 0.2) is 5.82 Å². The van der Waals surface area contributed by atoms with Crippen LogP contribution in [-0.2, 0) is 22.2 Å². The average molecular weight is 450 g/mol. The van der Waals surface area contributed by atoms with E-state index in [1.165, 1.54) is 37.5 Å². The van der Waals surface area contributed by atoms with Crippen molar-refractivity contribution in [1.82, 2.24) is 9.97 Å². The number of carbonyl (C=O) groups is 2. The van der Waals surface area contributed by atoms with Crippen molar-refractivity contribution in [3.8, 4) is 0 Å². The molecule has 3 aromatic rings. The molecule has 1 aromatic carbocycles. The van der Waals surface area contributed by atoms with E-state index < -0.39 is 47.2 Å². The molecule has 0 aliphatic rings. The topological polar surface area (TPSA) is 75.2 Å². The van der Waals surface area contributed by atoms with Gasteiger partial charge in [-0.2, -0.15) is 13.2 Å². The normalized spacial score (nSPS) is 11.2. The van der Waals surface area contributed by atoms with Gasteiger partial charge in [-0.3, -0.25) is 19.5 Å². The Labute approximate surface area is 178 Å². The minimum Gasteiger partial charge on any atom is -0.326 e. The maximum Gasteiger partial charge on any atom is 0.416 e. The lowest BCUT2D eigenvalue weighted by Crippen LogP contribution is -2.25. The molecule has 0 atom stereocenters. The number of nitrogens with zero attached hydrogens (tertiary/aromatic N) is 3. The summed E-state index contributed by atoms with van der Waals surface area (Å²) >= 11 is 0. The molecule has 1 N–H and O–H groups in total. The summed E-state index contributed by atoms with van der Waals surface area (Å²) in [7, 11) is 0. The molecule has 166 valence electrons. The van der Waals surface area contributed by atoms with E-state index in [4.69, 9.17) is 0 Å². The molecule has 0 saturated heterocycles. The van der Waals surface area contributed by atoms with Gasteiger partial charge in [0.2, 0.25) is 11.8 Å². The highest BCUT2D eigenvalue weighted by Crippen LogP contribution is 2.33. The van der Waals surface area contributed by atoms with Gasteiger partial charge in [-0.05, 0) is 29.8 Å². The van der Waals surface area contributed by atoms with Gasteiger partial charge in [-0.15, -0.1) is 0 Å². The molecule has 0 bridgehead atoms. The maximum absolute atomic E-state index is 14.1. The van der Waals surface area contributed by atoms with E-state index in [1.807, 2.05) is 0 Å². The molecule has 6 nitrogen and oxygen atoms in total. The number of nitrogens with one attached hydrogen (secondary N) is 1. The summed E-state index contributed by atoms with van der Waals surface area (Å²) in [6.07, 6.45) is -2.09. The van der Waals surface area contributed by atoms with Crippen molar-refractivity contribution in [2.24, 2.45) is 0 Å². The van der Waals surface area contributed by atoms with Crippen LogP contribution in [0.4, 0.5) is 39.1 Å². The zero-order valence-corrected chi connectivity index (χ0v) is 16.5. The van der Waals surface area contributed by atoms with E-state index in [0.29, 0.717) is 6.07 Å². The van der Waals surface area contributed by atoms with E-state index in [1.54, 1.807) is 0 Å². The van der Waals surface area contributed by atoms with Crippen molar-refractivity contribution in [1.29, 1.82) is 0 Å². The number of halogens is 5. The van der Waals surface area contributed by atoms with Crippen molar-refractivity contribution in [2.45, 2.75) is 19.5 Å². The molecule has 0 unspecified atom stereocenters. The monoisotopic (exact) mass is 450 g/mol. The molecular formula is C21H15F5N4O2. The van der Waals surface area contributed by atoms with Crippen molar-refractivity contribution >= 4 is 29.0 Å². The summed E-state index contributed by atoms with van der Waals surface area (Å²) in [6.45, 7) is 1.18. The van der Waals surface area contributed by atoms with E-state index in [2.05, 4.69) is 15.3 Å². The molecule has 11 heteroatoms. The fourth-order valence-electron chi connectivity index (χ4n) is 2.97. The van der Waals surface area contributed by atoms with Crippen molar-refractivity contribution in [3.05, 3.63) is 77.8 Å². The number of carbonyl (C=O) groups excluding carboxylic acids is 2. The van der Waals surface area contributed by atoms with Gasteiger partial charge < -0.3 is 5.32 Å². The van der Waals surface area contributed by atoms with Crippen LogP contribution in [-0.4, -0.2) is 21.8 Å². The van der Waals surface area contributed by atoms with Crippen LogP contribution in [0.5, 0.6) is 0 Å². The Morgan fingerprint density at radius 2 is 1.81 bits per heavy atom. The van der Waals surface area contributed by atoms with Crippen LogP contribution in [0, 0.1) is 11.6 Å². The lowest BCUT2D eigenvalue weighted by Gasteiger charge is -2.21. The fourth-order valence-corrected chi connectivity index (χ4v) is 2.97. The highest BCUT2D eigenvalue weighted by Gasteiger charge is 2.34. The molecule has 2 heterocycles. The first-order valence-electron chi connectivity index (χ1n) is 9.08. The molecule has 0 saturated carbocycles. The van der Waals surface area contributed by atoms with Crippen molar-refractivity contribution < 1.29 is 31.5 Å². The number of hydrogen-bond donors (Lipinski definition) is 1. The Morgan fingerprint density at radius 3 is 2.47 bits per heavy atom. The third-order valence-corrected chi connectivity index (χ3v) is 4.29. The van der Waals surface area contributed by atoms with E-state index >= 15 is 0 Å². The smallest absolute Gasteiger partial charge is 0.326 e. The van der Waals surface area contributed by atoms with Gasteiger partial charge in [0.1, 0.15) is 11.6 Å². The Balaban J connectivity index is 1.84. The Hall–Kier alpha value is -3.89. The van der Waals surface area contributed by atoms with Gasteiger partial charge in [0.25, 0.3) is 0 Å². The summed E-state index contributed by atoms with van der Waals surface area (Å²) < 4.78 is 66.8. The molecule has 0 spiro atoms. The second-order valence-corrected chi connectivity index (χ2v) is 6.61. The third-order valence-electron chi connectivity index (χ3n) is 4.29. The minimum atomic E-state index is -4.84. The maximum atomic E-state index is 14.1. The molecule has 0 aliphatic carbocycles. The van der Waals surface area contributed by atoms with Gasteiger partial charge in [0.05, 0.1) is 23.9 Å². The van der Waals surface area contributed by atoms with Crippen LogP contribution in [0.15, 0.2) is 55.0 Å². The van der Waals surface area contributed by atoms with Crippen LogP contribution < -0.4 is 10.2 Å². The SMILES string of the molecule is CC(=O)N(c1cc(NC(=O)Cc2ccc(F)cc2C(F)(F)F)ccn1)c1ccncc1F. The minimum absolute atomic E-state index is 0.0295. The second-order valence-electron chi connectivity index (χ2n) is 6.61. The number of anilines is 3. The zero-order chi connectivity index (χ0) is 23.5. The van der Waals surface area contributed by atoms with Gasteiger partial charge in [-0.1, -0.05) is 6.07 Å². The highest BCUT2D eigenvalue weighted by atomic mass is 19.4. The predicted molar refractivity (Wildman–Crippen MR) is 105 cm³/mol. The number of amides is 2. The molecule has 32 heavy (non-hydrogen) atoms. The molecular weight excluding hydrogens is 435 g/mol. The Morgan fingerprint density at radius 1 is 1.06 bits per heavy atom. The predicted octanol–water partition coefficient (Wildman–Crippen LogP) is 4.64. The lowest BCUT2D eigenvalue weighted by atomic mass is 10.0.